The van der Waals surface area contributed by atoms with Crippen molar-refractivity contribution < 1.29 is 19.3 Å². The summed E-state index contributed by atoms with van der Waals surface area (Å²) >= 11 is 0. The van der Waals surface area contributed by atoms with Crippen LogP contribution in [0.3, 0.4) is 0 Å². The second kappa shape index (κ2) is 8.77. The fourth-order valence-electron chi connectivity index (χ4n) is 2.05. The number of non-ortho nitro benzene ring substituents is 1. The van der Waals surface area contributed by atoms with Crippen molar-refractivity contribution in [2.24, 2.45) is 5.10 Å². The summed E-state index contributed by atoms with van der Waals surface area (Å²) in [5, 5.41) is 34.3. The molecular weight excluding hydrogens is 358 g/mol. The second-order valence-corrected chi connectivity index (χ2v) is 4.94. The summed E-state index contributed by atoms with van der Waals surface area (Å²) in [5.41, 5.74) is 2.21. The van der Waals surface area contributed by atoms with E-state index < -0.39 is 21.2 Å². The van der Waals surface area contributed by atoms with E-state index >= 15 is 0 Å². The van der Waals surface area contributed by atoms with Crippen LogP contribution in [0.1, 0.15) is 5.56 Å². The quantitative estimate of drug-likeness (QED) is 0.422. The van der Waals surface area contributed by atoms with Crippen molar-refractivity contribution in [1.29, 1.82) is 5.26 Å². The Labute approximate surface area is 152 Å². The summed E-state index contributed by atoms with van der Waals surface area (Å²) in [6, 6.07) is 9.87. The molecule has 11 nitrogen and oxygen atoms in total. The first kappa shape index (κ1) is 19.1. The molecule has 2 aromatic carbocycles. The van der Waals surface area contributed by atoms with E-state index in [0.717, 1.165) is 12.1 Å². The molecule has 0 aliphatic rings. The molecule has 0 atom stereocenters. The fraction of sp³-hybridized carbons (Fsp3) is 0.125. The largest absolute Gasteiger partial charge is 0.493 e. The maximum Gasteiger partial charge on any atom is 0.301 e. The zero-order valence-corrected chi connectivity index (χ0v) is 14.0. The highest BCUT2D eigenvalue weighted by Crippen LogP contribution is 2.29. The van der Waals surface area contributed by atoms with Crippen molar-refractivity contribution in [2.75, 3.05) is 19.1 Å². The van der Waals surface area contributed by atoms with Crippen LogP contribution in [0.15, 0.2) is 41.5 Å². The van der Waals surface area contributed by atoms with Gasteiger partial charge in [-0.25, -0.2) is 0 Å². The Bertz CT molecular complexity index is 937. The van der Waals surface area contributed by atoms with Crippen LogP contribution in [0.25, 0.3) is 0 Å². The first-order valence-corrected chi connectivity index (χ1v) is 7.36. The van der Waals surface area contributed by atoms with Gasteiger partial charge < -0.3 is 9.47 Å². The molecule has 0 aromatic heterocycles. The molecule has 0 aliphatic carbocycles. The molecule has 2 aromatic rings. The number of nitrogens with zero attached hydrogens (tertiary/aromatic N) is 4. The standard InChI is InChI=1S/C16H13N5O6/c1-26-16-8-11(2-5-15(16)27-7-6-17)10-18-19-13-4-3-12(20(22)23)9-14(13)21(24)25/h2-5,8-10,19H,7H2,1H3/b18-10+. The summed E-state index contributed by atoms with van der Waals surface area (Å²) < 4.78 is 10.4. The van der Waals surface area contributed by atoms with Crippen LogP contribution in [0.2, 0.25) is 0 Å². The van der Waals surface area contributed by atoms with Gasteiger partial charge in [0, 0.05) is 6.07 Å². The number of nitrogens with one attached hydrogen (secondary N) is 1. The highest BCUT2D eigenvalue weighted by atomic mass is 16.6. The summed E-state index contributed by atoms with van der Waals surface area (Å²) in [6.07, 6.45) is 1.38. The molecule has 138 valence electrons. The summed E-state index contributed by atoms with van der Waals surface area (Å²) in [7, 11) is 1.44. The molecular formula is C16H13N5O6. The Morgan fingerprint density at radius 1 is 1.19 bits per heavy atom. The SMILES string of the molecule is COc1cc(/C=N/Nc2ccc([N+](=O)[O-])cc2[N+](=O)[O-])ccc1OCC#N. The van der Waals surface area contributed by atoms with Gasteiger partial charge in [-0.1, -0.05) is 0 Å². The van der Waals surface area contributed by atoms with Crippen LogP contribution >= 0.6 is 0 Å². The number of anilines is 1. The number of nitriles is 1. The molecule has 0 saturated heterocycles. The van der Waals surface area contributed by atoms with Crippen LogP contribution in [-0.2, 0) is 0 Å². The van der Waals surface area contributed by atoms with E-state index in [9.17, 15) is 20.2 Å². The number of nitro benzene ring substituents is 2. The molecule has 0 bridgehead atoms. The zero-order valence-electron chi connectivity index (χ0n) is 14.0. The number of hydrogen-bond acceptors (Lipinski definition) is 9. The van der Waals surface area contributed by atoms with Gasteiger partial charge in [0.05, 0.1) is 29.2 Å². The van der Waals surface area contributed by atoms with Gasteiger partial charge in [0.15, 0.2) is 18.1 Å². The van der Waals surface area contributed by atoms with E-state index in [4.69, 9.17) is 14.7 Å². The molecule has 27 heavy (non-hydrogen) atoms. The maximum atomic E-state index is 11.1. The molecule has 0 heterocycles. The second-order valence-electron chi connectivity index (χ2n) is 4.94. The minimum Gasteiger partial charge on any atom is -0.493 e. The number of nitro groups is 2. The third kappa shape index (κ3) is 4.89. The van der Waals surface area contributed by atoms with E-state index in [1.165, 1.54) is 19.4 Å². The molecule has 11 heteroatoms. The van der Waals surface area contributed by atoms with Gasteiger partial charge in [-0.3, -0.25) is 25.7 Å². The van der Waals surface area contributed by atoms with Gasteiger partial charge in [0.1, 0.15) is 11.8 Å². The lowest BCUT2D eigenvalue weighted by Gasteiger charge is -2.08. The van der Waals surface area contributed by atoms with Crippen LogP contribution in [0.5, 0.6) is 11.5 Å². The average Bonchev–Trinajstić information content (AvgIpc) is 2.66. The Kier molecular flexibility index (Phi) is 6.21. The van der Waals surface area contributed by atoms with Gasteiger partial charge in [0.2, 0.25) is 0 Å². The van der Waals surface area contributed by atoms with E-state index in [0.29, 0.717) is 17.1 Å². The topological polar surface area (TPSA) is 153 Å². The summed E-state index contributed by atoms with van der Waals surface area (Å²) in [4.78, 5) is 20.3. The highest BCUT2D eigenvalue weighted by Gasteiger charge is 2.19. The lowest BCUT2D eigenvalue weighted by Crippen LogP contribution is -1.99. The number of hydrazone groups is 1. The van der Waals surface area contributed by atoms with Crippen molar-refractivity contribution in [3.8, 4) is 17.6 Å². The van der Waals surface area contributed by atoms with E-state index in [1.54, 1.807) is 18.2 Å². The van der Waals surface area contributed by atoms with Crippen molar-refractivity contribution >= 4 is 23.3 Å². The fourth-order valence-corrected chi connectivity index (χ4v) is 2.05. The molecule has 0 amide bonds. The zero-order chi connectivity index (χ0) is 19.8. The minimum absolute atomic E-state index is 0.00258. The number of ether oxygens (including phenoxy) is 2. The molecule has 1 N–H and O–H groups in total. The summed E-state index contributed by atoms with van der Waals surface area (Å²) in [6.45, 7) is -0.130. The van der Waals surface area contributed by atoms with E-state index in [2.05, 4.69) is 10.5 Å². The maximum absolute atomic E-state index is 11.1. The number of hydrogen-bond donors (Lipinski definition) is 1. The molecule has 0 aliphatic heterocycles. The van der Waals surface area contributed by atoms with Crippen LogP contribution in [-0.4, -0.2) is 29.8 Å². The van der Waals surface area contributed by atoms with Crippen molar-refractivity contribution in [2.45, 2.75) is 0 Å². The van der Waals surface area contributed by atoms with Gasteiger partial charge in [-0.15, -0.1) is 0 Å². The first-order chi connectivity index (χ1) is 13.0. The number of methoxy groups -OCH3 is 1. The van der Waals surface area contributed by atoms with Crippen LogP contribution < -0.4 is 14.9 Å². The lowest BCUT2D eigenvalue weighted by atomic mass is 10.2. The Balaban J connectivity index is 2.19. The van der Waals surface area contributed by atoms with Gasteiger partial charge in [-0.05, 0) is 29.8 Å². The molecule has 0 saturated carbocycles. The van der Waals surface area contributed by atoms with Crippen LogP contribution in [0.4, 0.5) is 17.1 Å². The Hall–Kier alpha value is -4.20. The number of rotatable bonds is 8. The van der Waals surface area contributed by atoms with Gasteiger partial charge in [0.25, 0.3) is 5.69 Å². The average molecular weight is 371 g/mol. The van der Waals surface area contributed by atoms with E-state index in [1.807, 2.05) is 6.07 Å². The highest BCUT2D eigenvalue weighted by molar-refractivity contribution is 5.82. The third-order valence-corrected chi connectivity index (χ3v) is 3.27. The molecule has 0 spiro atoms. The number of benzene rings is 2. The Morgan fingerprint density at radius 3 is 2.59 bits per heavy atom. The smallest absolute Gasteiger partial charge is 0.301 e. The first-order valence-electron chi connectivity index (χ1n) is 7.36. The van der Waals surface area contributed by atoms with Gasteiger partial charge in [-0.2, -0.15) is 10.4 Å². The van der Waals surface area contributed by atoms with Crippen molar-refractivity contribution in [3.05, 3.63) is 62.2 Å². The van der Waals surface area contributed by atoms with Crippen molar-refractivity contribution in [1.82, 2.24) is 0 Å². The van der Waals surface area contributed by atoms with Gasteiger partial charge >= 0.3 is 5.69 Å². The monoisotopic (exact) mass is 371 g/mol. The summed E-state index contributed by atoms with van der Waals surface area (Å²) in [5.74, 6) is 0.769. The molecule has 2 rings (SSSR count). The molecule has 0 radical (unpaired) electrons. The normalized spacial score (nSPS) is 10.2. The molecule has 0 fully saturated rings. The predicted octanol–water partition coefficient (Wildman–Crippen LogP) is 2.86. The third-order valence-electron chi connectivity index (χ3n) is 3.27. The van der Waals surface area contributed by atoms with Crippen LogP contribution in [0, 0.1) is 31.6 Å². The Morgan fingerprint density at radius 2 is 1.96 bits per heavy atom. The predicted molar refractivity (Wildman–Crippen MR) is 95.1 cm³/mol. The lowest BCUT2D eigenvalue weighted by molar-refractivity contribution is -0.393. The van der Waals surface area contributed by atoms with Crippen molar-refractivity contribution in [3.63, 3.8) is 0 Å². The van der Waals surface area contributed by atoms with E-state index in [-0.39, 0.29) is 12.3 Å². The minimum atomic E-state index is -0.741. The molecule has 0 unspecified atom stereocenters.